The van der Waals surface area contributed by atoms with Crippen LogP contribution in [-0.2, 0) is 81.4 Å². The number of carboxylic acid groups (broad SMARTS) is 4. The van der Waals surface area contributed by atoms with Crippen molar-refractivity contribution in [3.05, 3.63) is 24.3 Å². The number of hydrogen-bond donors (Lipinski definition) is 16. The summed E-state index contributed by atoms with van der Waals surface area (Å²) in [7, 11) is 5.10. The van der Waals surface area contributed by atoms with Crippen molar-refractivity contribution in [3.63, 3.8) is 0 Å². The molecule has 11 amide bonds. The zero-order valence-corrected chi connectivity index (χ0v) is 58.5. The molecule has 16 atom stereocenters. The van der Waals surface area contributed by atoms with Gasteiger partial charge in [0.2, 0.25) is 65.0 Å². The second-order valence-electron chi connectivity index (χ2n) is 27.0. The first-order valence-corrected chi connectivity index (χ1v) is 33.0. The van der Waals surface area contributed by atoms with Gasteiger partial charge in [0.1, 0.15) is 60.9 Å². The van der Waals surface area contributed by atoms with Crippen molar-refractivity contribution < 1.29 is 111 Å². The summed E-state index contributed by atoms with van der Waals surface area (Å²) < 4.78 is 5.80. The molecule has 0 saturated carbocycles. The lowest BCUT2D eigenvalue weighted by atomic mass is 9.97. The molecule has 0 aromatic rings. The van der Waals surface area contributed by atoms with Crippen LogP contribution in [0, 0.1) is 35.5 Å². The third-order valence-corrected chi connectivity index (χ3v) is 16.6. The molecule has 99 heavy (non-hydrogen) atoms. The molecule has 0 aromatic heterocycles. The number of nitrogens with two attached hydrogens (primary N) is 1. The SMILES string of the molecule is CCC(C)CC/C=C\C=C\C(=O)N[C@H](C(=O)N[C@@H]1C(=O)N[C@H](C(C)C)C(=O)N[C@@H](CCCCN)C(=O)N[C@@H](C(O)C(=O)O)C(=O)N[C@@H](CC(=O)O)C(=O)NCC(=O)N[C@H](C(C)C(=O)O)C(=O)N[C@@H](C(C)C)C(=O)N2C[C@H](C)C[C@H]2C(=O)NC1C)C(C)C(=O)OC(CC(=O)O)C[N+](C)(C)C. The number of carbonyl (C=O) groups is 16. The number of aliphatic hydroxyl groups is 1. The zero-order valence-electron chi connectivity index (χ0n) is 58.5. The Bertz CT molecular complexity index is 2970. The van der Waals surface area contributed by atoms with E-state index in [2.05, 4.69) is 44.1 Å². The third-order valence-electron chi connectivity index (χ3n) is 16.6. The van der Waals surface area contributed by atoms with Crippen LogP contribution in [0.5, 0.6) is 0 Å². The number of unbranched alkanes of at least 4 members (excludes halogenated alkanes) is 1. The van der Waals surface area contributed by atoms with Crippen LogP contribution >= 0.6 is 0 Å². The number of carboxylic acids is 4. The third kappa shape index (κ3) is 28.7. The molecular formula is C64H104N13O22+. The summed E-state index contributed by atoms with van der Waals surface area (Å²) in [6, 6.07) is -19.0. The molecule has 35 heteroatoms. The zero-order chi connectivity index (χ0) is 75.5. The fraction of sp³-hybridized carbons (Fsp3) is 0.688. The van der Waals surface area contributed by atoms with E-state index in [-0.39, 0.29) is 49.8 Å². The standard InChI is InChI=1S/C64H103N13O22/c1-14-33(6)21-17-15-16-18-23-42(78)70-49(36(9)64(98)99-38(26-44(80)81)30-77(11,12)13)58(90)74-50-37(10)67-55(87)41-25-34(7)29-76(41)61(93)47(32(4)5)73-57(89)48(35(8)62(94)95)71-43(79)28-66-53(85)40(27-45(82)83)69-60(92)51(52(84)63(96)97)75-54(86)39(22-19-20-24-65)68-56(88)46(31(2)3)72-59(50)91/h15-16,18,23,31-41,46-52,84H,14,17,19-22,24-30,65H2,1-13H3,(H13-,66,67,68,69,70,71,72,73,74,75,78,79,80,81,82,83,85,86,87,88,89,90,91,92,94,95,96,97)/p+1/b16-15-,23-18+/t33?,34-,35?,36?,37?,38?,39+,40+,41+,46-,47+,48-,49+,50+,51+,52?/m1/s1. The highest BCUT2D eigenvalue weighted by molar-refractivity contribution is 6.02. The summed E-state index contributed by atoms with van der Waals surface area (Å²) in [5.74, 6) is -26.9. The highest BCUT2D eigenvalue weighted by Crippen LogP contribution is 2.26. The van der Waals surface area contributed by atoms with E-state index < -0.39 is 216 Å². The number of amides is 11. The van der Waals surface area contributed by atoms with E-state index in [1.807, 2.05) is 22.9 Å². The molecular weight excluding hydrogens is 1300 g/mol. The Morgan fingerprint density at radius 1 is 0.687 bits per heavy atom. The number of hydrogen-bond acceptors (Lipinski definition) is 19. The first kappa shape index (κ1) is 86.0. The quantitative estimate of drug-likeness (QED) is 0.0119. The maximum absolute atomic E-state index is 15.2. The fourth-order valence-electron chi connectivity index (χ4n) is 10.6. The van der Waals surface area contributed by atoms with Crippen molar-refractivity contribution in [1.82, 2.24) is 58.1 Å². The van der Waals surface area contributed by atoms with Crippen LogP contribution in [0.2, 0.25) is 0 Å². The van der Waals surface area contributed by atoms with Crippen LogP contribution in [0.3, 0.4) is 0 Å². The minimum Gasteiger partial charge on any atom is -0.481 e. The first-order chi connectivity index (χ1) is 46.0. The van der Waals surface area contributed by atoms with Gasteiger partial charge in [0, 0.05) is 12.6 Å². The van der Waals surface area contributed by atoms with Crippen LogP contribution in [-0.4, -0.2) is 250 Å². The summed E-state index contributed by atoms with van der Waals surface area (Å²) in [4.78, 5) is 222. The van der Waals surface area contributed by atoms with E-state index in [4.69, 9.17) is 10.5 Å². The molecule has 2 aliphatic rings. The maximum Gasteiger partial charge on any atom is 0.335 e. The van der Waals surface area contributed by atoms with Gasteiger partial charge in [-0.2, -0.15) is 0 Å². The normalized spacial score (nSPS) is 25.1. The molecule has 0 aliphatic carbocycles. The molecule has 0 aromatic carbocycles. The van der Waals surface area contributed by atoms with Gasteiger partial charge in [-0.05, 0) is 89.5 Å². The van der Waals surface area contributed by atoms with Gasteiger partial charge >= 0.3 is 29.8 Å². The Kier molecular flexibility index (Phi) is 35.3. The topological polar surface area (TPSA) is 533 Å². The number of fused-ring (bicyclic) bond motifs is 1. The molecule has 2 saturated heterocycles. The number of aliphatic carboxylic acids is 4. The van der Waals surface area contributed by atoms with Crippen molar-refractivity contribution >= 4 is 94.8 Å². The molecule has 35 nitrogen and oxygen atoms in total. The van der Waals surface area contributed by atoms with Gasteiger partial charge in [-0.15, -0.1) is 0 Å². The molecule has 2 aliphatic heterocycles. The van der Waals surface area contributed by atoms with Crippen LogP contribution in [0.15, 0.2) is 24.3 Å². The summed E-state index contributed by atoms with van der Waals surface area (Å²) >= 11 is 0. The number of esters is 1. The summed E-state index contributed by atoms with van der Waals surface area (Å²) in [5, 5.41) is 73.5. The molecule has 2 rings (SSSR count). The highest BCUT2D eigenvalue weighted by atomic mass is 16.5. The van der Waals surface area contributed by atoms with Crippen LogP contribution < -0.4 is 58.9 Å². The number of likely N-dealkylation sites (N-methyl/N-ethyl adjacent to an activating group) is 1. The molecule has 2 fully saturated rings. The highest BCUT2D eigenvalue weighted by Gasteiger charge is 2.46. The van der Waals surface area contributed by atoms with E-state index >= 15 is 9.59 Å². The Morgan fingerprint density at radius 3 is 1.83 bits per heavy atom. The molecule has 0 bridgehead atoms. The van der Waals surface area contributed by atoms with Crippen molar-refractivity contribution in [2.45, 2.75) is 200 Å². The lowest BCUT2D eigenvalue weighted by molar-refractivity contribution is -0.873. The molecule has 2 heterocycles. The Hall–Kier alpha value is -9.12. The van der Waals surface area contributed by atoms with Gasteiger partial charge < -0.3 is 98.6 Å². The summed E-state index contributed by atoms with van der Waals surface area (Å²) in [6.07, 6.45) is 1.99. The molecule has 0 radical (unpaired) electrons. The molecule has 556 valence electrons. The smallest absolute Gasteiger partial charge is 0.335 e. The van der Waals surface area contributed by atoms with E-state index in [0.29, 0.717) is 12.3 Å². The second kappa shape index (κ2) is 40.7. The predicted octanol–water partition coefficient (Wildman–Crippen LogP) is -3.51. The van der Waals surface area contributed by atoms with Gasteiger partial charge in [-0.3, -0.25) is 71.9 Å². The number of rotatable bonds is 28. The van der Waals surface area contributed by atoms with Crippen molar-refractivity contribution in [3.8, 4) is 0 Å². The largest absolute Gasteiger partial charge is 0.481 e. The predicted molar refractivity (Wildman–Crippen MR) is 352 cm³/mol. The van der Waals surface area contributed by atoms with E-state index in [0.717, 1.165) is 30.7 Å². The maximum atomic E-state index is 15.2. The van der Waals surface area contributed by atoms with Crippen LogP contribution in [0.4, 0.5) is 0 Å². The van der Waals surface area contributed by atoms with E-state index in [9.17, 15) is 92.7 Å². The van der Waals surface area contributed by atoms with Crippen molar-refractivity contribution in [2.24, 2.45) is 41.2 Å². The Labute approximate surface area is 575 Å². The summed E-state index contributed by atoms with van der Waals surface area (Å²) in [6.45, 7) is 13.8. The lowest BCUT2D eigenvalue weighted by Crippen LogP contribution is -2.65. The monoisotopic (exact) mass is 1410 g/mol. The van der Waals surface area contributed by atoms with Crippen LogP contribution in [0.1, 0.15) is 127 Å². The average molecular weight is 1410 g/mol. The van der Waals surface area contributed by atoms with Gasteiger partial charge in [-0.1, -0.05) is 73.1 Å². The van der Waals surface area contributed by atoms with E-state index in [1.165, 1.54) is 47.6 Å². The van der Waals surface area contributed by atoms with Gasteiger partial charge in [0.05, 0.1) is 58.4 Å². The number of aliphatic hydroxyl groups excluding tert-OH is 1. The van der Waals surface area contributed by atoms with Gasteiger partial charge in [0.25, 0.3) is 0 Å². The Balaban J connectivity index is 3.09. The minimum atomic E-state index is -2.86. The fourth-order valence-corrected chi connectivity index (χ4v) is 10.6. The molecule has 6 unspecified atom stereocenters. The first-order valence-electron chi connectivity index (χ1n) is 33.0. The number of allylic oxidation sites excluding steroid dienone is 3. The molecule has 17 N–H and O–H groups in total. The number of nitrogens with zero attached hydrogens (tertiary/aromatic N) is 2. The van der Waals surface area contributed by atoms with Gasteiger partial charge in [0.15, 0.2) is 12.2 Å². The number of nitrogens with one attached hydrogen (secondary N) is 10. The Morgan fingerprint density at radius 2 is 1.27 bits per heavy atom. The van der Waals surface area contributed by atoms with Crippen molar-refractivity contribution in [2.75, 3.05) is 47.3 Å². The van der Waals surface area contributed by atoms with E-state index in [1.54, 1.807) is 40.2 Å². The number of ether oxygens (including phenoxy) is 1. The minimum absolute atomic E-state index is 0.0334. The summed E-state index contributed by atoms with van der Waals surface area (Å²) in [5.41, 5.74) is 5.73. The van der Waals surface area contributed by atoms with Crippen molar-refractivity contribution in [1.29, 1.82) is 0 Å². The van der Waals surface area contributed by atoms with Crippen LogP contribution in [0.25, 0.3) is 0 Å². The number of carbonyl (C=O) groups excluding carboxylic acids is 12. The average Bonchev–Trinajstić information content (AvgIpc) is 1.72. The lowest BCUT2D eigenvalue weighted by Gasteiger charge is -2.34. The van der Waals surface area contributed by atoms with Gasteiger partial charge in [-0.25, -0.2) is 4.79 Å². The second-order valence-corrected chi connectivity index (χ2v) is 27.0. The number of quaternary nitrogens is 1. The molecule has 0 spiro atoms.